The van der Waals surface area contributed by atoms with Gasteiger partial charge in [0.1, 0.15) is 11.5 Å². The van der Waals surface area contributed by atoms with Crippen molar-refractivity contribution in [1.29, 1.82) is 0 Å². The Balaban J connectivity index is 2.06. The van der Waals surface area contributed by atoms with Crippen molar-refractivity contribution in [3.8, 4) is 11.5 Å². The van der Waals surface area contributed by atoms with E-state index in [1.807, 2.05) is 0 Å². The first-order valence-electron chi connectivity index (χ1n) is 7.72. The molecular weight excluding hydrogens is 326 g/mol. The average molecular weight is 345 g/mol. The van der Waals surface area contributed by atoms with Crippen LogP contribution in [0.3, 0.4) is 0 Å². The highest BCUT2D eigenvalue weighted by Gasteiger charge is 2.27. The maximum absolute atomic E-state index is 11.6. The molecule has 0 heterocycles. The van der Waals surface area contributed by atoms with E-state index < -0.39 is 16.5 Å². The topological polar surface area (TPSA) is 98.9 Å². The Morgan fingerprint density at radius 1 is 1.12 bits per heavy atom. The van der Waals surface area contributed by atoms with Crippen molar-refractivity contribution in [1.82, 2.24) is 0 Å². The number of ether oxygens (including phenoxy) is 2. The molecule has 2 rings (SSSR count). The van der Waals surface area contributed by atoms with Crippen LogP contribution >= 0.6 is 0 Å². The molecule has 1 N–H and O–H groups in total. The third kappa shape index (κ3) is 5.02. The van der Waals surface area contributed by atoms with Gasteiger partial charge in [-0.05, 0) is 43.7 Å². The summed E-state index contributed by atoms with van der Waals surface area (Å²) >= 11 is 0. The standard InChI is InChI=1S/C18H19NO6/c1-3-24-17(20)12-18(2,21)13-4-8-15(9-5-13)25-16-10-6-14(7-11-16)19(22)23/h4-11,21H,3,12H2,1-2H3. The Morgan fingerprint density at radius 3 is 2.12 bits per heavy atom. The number of hydrogen-bond acceptors (Lipinski definition) is 6. The molecule has 25 heavy (non-hydrogen) atoms. The zero-order valence-corrected chi connectivity index (χ0v) is 14.0. The third-order valence-corrected chi connectivity index (χ3v) is 3.55. The van der Waals surface area contributed by atoms with Gasteiger partial charge >= 0.3 is 5.97 Å². The van der Waals surface area contributed by atoms with Gasteiger partial charge in [-0.15, -0.1) is 0 Å². The van der Waals surface area contributed by atoms with Gasteiger partial charge in [-0.2, -0.15) is 0 Å². The number of benzene rings is 2. The fourth-order valence-corrected chi connectivity index (χ4v) is 2.25. The summed E-state index contributed by atoms with van der Waals surface area (Å²) in [5, 5.41) is 21.1. The Kier molecular flexibility index (Phi) is 5.71. The van der Waals surface area contributed by atoms with Crippen LogP contribution in [0.1, 0.15) is 25.8 Å². The van der Waals surface area contributed by atoms with E-state index in [4.69, 9.17) is 9.47 Å². The summed E-state index contributed by atoms with van der Waals surface area (Å²) in [6, 6.07) is 12.3. The first kappa shape index (κ1) is 18.4. The van der Waals surface area contributed by atoms with Gasteiger partial charge in [0.2, 0.25) is 0 Å². The molecule has 0 amide bonds. The lowest BCUT2D eigenvalue weighted by Crippen LogP contribution is -2.26. The Labute approximate surface area is 145 Å². The maximum atomic E-state index is 11.6. The Hall–Kier alpha value is -2.93. The molecule has 1 atom stereocenters. The first-order valence-corrected chi connectivity index (χ1v) is 7.72. The molecule has 7 nitrogen and oxygen atoms in total. The van der Waals surface area contributed by atoms with Crippen LogP contribution < -0.4 is 4.74 Å². The van der Waals surface area contributed by atoms with E-state index in [-0.39, 0.29) is 18.7 Å². The first-order chi connectivity index (χ1) is 11.8. The molecule has 0 aliphatic heterocycles. The van der Waals surface area contributed by atoms with Crippen LogP contribution in [-0.2, 0) is 15.1 Å². The zero-order chi connectivity index (χ0) is 18.4. The van der Waals surface area contributed by atoms with E-state index in [0.717, 1.165) is 0 Å². The highest BCUT2D eigenvalue weighted by Crippen LogP contribution is 2.29. The van der Waals surface area contributed by atoms with Crippen molar-refractivity contribution in [3.63, 3.8) is 0 Å². The summed E-state index contributed by atoms with van der Waals surface area (Å²) in [7, 11) is 0. The normalized spacial score (nSPS) is 12.9. The van der Waals surface area contributed by atoms with Crippen molar-refractivity contribution >= 4 is 11.7 Å². The van der Waals surface area contributed by atoms with Crippen molar-refractivity contribution in [2.75, 3.05) is 6.61 Å². The van der Waals surface area contributed by atoms with E-state index in [0.29, 0.717) is 17.1 Å². The minimum Gasteiger partial charge on any atom is -0.466 e. The number of non-ortho nitro benzene ring substituents is 1. The number of nitro groups is 1. The van der Waals surface area contributed by atoms with Crippen LogP contribution in [0.2, 0.25) is 0 Å². The predicted molar refractivity (Wildman–Crippen MR) is 90.4 cm³/mol. The predicted octanol–water partition coefficient (Wildman–Crippen LogP) is 3.55. The van der Waals surface area contributed by atoms with Crippen LogP contribution in [0.4, 0.5) is 5.69 Å². The van der Waals surface area contributed by atoms with Gasteiger partial charge in [0.15, 0.2) is 0 Å². The highest BCUT2D eigenvalue weighted by molar-refractivity contribution is 5.71. The molecular formula is C18H19NO6. The lowest BCUT2D eigenvalue weighted by Gasteiger charge is -2.23. The quantitative estimate of drug-likeness (QED) is 0.468. The number of nitrogens with zero attached hydrogens (tertiary/aromatic N) is 1. The van der Waals surface area contributed by atoms with Gasteiger partial charge in [-0.1, -0.05) is 12.1 Å². The van der Waals surface area contributed by atoms with Gasteiger partial charge < -0.3 is 14.6 Å². The van der Waals surface area contributed by atoms with Crippen molar-refractivity contribution < 1.29 is 24.3 Å². The van der Waals surface area contributed by atoms with E-state index in [1.54, 1.807) is 31.2 Å². The van der Waals surface area contributed by atoms with Gasteiger partial charge in [0.25, 0.3) is 5.69 Å². The lowest BCUT2D eigenvalue weighted by molar-refractivity contribution is -0.384. The number of nitro benzene ring substituents is 1. The molecule has 0 saturated heterocycles. The third-order valence-electron chi connectivity index (χ3n) is 3.55. The minimum atomic E-state index is -1.35. The van der Waals surface area contributed by atoms with Crippen LogP contribution in [0.5, 0.6) is 11.5 Å². The van der Waals surface area contributed by atoms with Gasteiger partial charge in [-0.25, -0.2) is 0 Å². The molecule has 0 fully saturated rings. The second-order valence-electron chi connectivity index (χ2n) is 5.63. The number of rotatable bonds is 7. The summed E-state index contributed by atoms with van der Waals surface area (Å²) < 4.78 is 10.5. The smallest absolute Gasteiger partial charge is 0.309 e. The largest absolute Gasteiger partial charge is 0.466 e. The van der Waals surface area contributed by atoms with Crippen LogP contribution in [0.15, 0.2) is 48.5 Å². The minimum absolute atomic E-state index is 0.0160. The number of carbonyl (C=O) groups is 1. The summed E-state index contributed by atoms with van der Waals surface area (Å²) in [4.78, 5) is 21.7. The zero-order valence-electron chi connectivity index (χ0n) is 14.0. The molecule has 7 heteroatoms. The summed E-state index contributed by atoms with van der Waals surface area (Å²) in [6.45, 7) is 3.50. The fraction of sp³-hybridized carbons (Fsp3) is 0.278. The van der Waals surface area contributed by atoms with Crippen LogP contribution in [0, 0.1) is 10.1 Å². The van der Waals surface area contributed by atoms with Gasteiger partial charge in [0.05, 0.1) is 23.6 Å². The number of aliphatic hydroxyl groups is 1. The molecule has 0 aliphatic rings. The van der Waals surface area contributed by atoms with Crippen molar-refractivity contribution in [3.05, 3.63) is 64.2 Å². The van der Waals surface area contributed by atoms with Crippen molar-refractivity contribution in [2.24, 2.45) is 0 Å². The van der Waals surface area contributed by atoms with Gasteiger partial charge in [-0.3, -0.25) is 14.9 Å². The maximum Gasteiger partial charge on any atom is 0.309 e. The van der Waals surface area contributed by atoms with E-state index in [1.165, 1.54) is 31.2 Å². The molecule has 132 valence electrons. The summed E-state index contributed by atoms with van der Waals surface area (Å²) in [5.41, 5.74) is -0.813. The Bertz CT molecular complexity index is 737. The molecule has 0 bridgehead atoms. The molecule has 1 unspecified atom stereocenters. The molecule has 0 spiro atoms. The van der Waals surface area contributed by atoms with Gasteiger partial charge in [0, 0.05) is 12.1 Å². The highest BCUT2D eigenvalue weighted by atomic mass is 16.6. The summed E-state index contributed by atoms with van der Waals surface area (Å²) in [5.74, 6) is 0.486. The SMILES string of the molecule is CCOC(=O)CC(C)(O)c1ccc(Oc2ccc([N+](=O)[O-])cc2)cc1. The van der Waals surface area contributed by atoms with E-state index >= 15 is 0 Å². The van der Waals surface area contributed by atoms with Crippen molar-refractivity contribution in [2.45, 2.75) is 25.9 Å². The average Bonchev–Trinajstić information content (AvgIpc) is 2.55. The van der Waals surface area contributed by atoms with Crippen LogP contribution in [0.25, 0.3) is 0 Å². The molecule has 0 aliphatic carbocycles. The lowest BCUT2D eigenvalue weighted by atomic mass is 9.92. The number of carbonyl (C=O) groups excluding carboxylic acids is 1. The monoisotopic (exact) mass is 345 g/mol. The fourth-order valence-electron chi connectivity index (χ4n) is 2.25. The summed E-state index contributed by atoms with van der Waals surface area (Å²) in [6.07, 6.45) is -0.149. The van der Waals surface area contributed by atoms with Crippen LogP contribution in [-0.4, -0.2) is 22.6 Å². The molecule has 2 aromatic rings. The molecule has 0 radical (unpaired) electrons. The Morgan fingerprint density at radius 2 is 1.64 bits per heavy atom. The number of esters is 1. The molecule has 2 aromatic carbocycles. The van der Waals surface area contributed by atoms with E-state index in [9.17, 15) is 20.0 Å². The second kappa shape index (κ2) is 7.76. The molecule has 0 aromatic heterocycles. The van der Waals surface area contributed by atoms with E-state index in [2.05, 4.69) is 0 Å². The molecule has 0 saturated carbocycles. The second-order valence-corrected chi connectivity index (χ2v) is 5.63. The number of hydrogen-bond donors (Lipinski definition) is 1.